The second kappa shape index (κ2) is 11.3. The predicted molar refractivity (Wildman–Crippen MR) is 94.0 cm³/mol. The van der Waals surface area contributed by atoms with Crippen molar-refractivity contribution in [1.82, 2.24) is 0 Å². The Kier molecular flexibility index (Phi) is 10.1. The normalized spacial score (nSPS) is 27.5. The molecule has 0 aromatic carbocycles. The van der Waals surface area contributed by atoms with Gasteiger partial charge in [-0.3, -0.25) is 0 Å². The van der Waals surface area contributed by atoms with Crippen molar-refractivity contribution < 1.29 is 18.9 Å². The van der Waals surface area contributed by atoms with E-state index in [1.54, 1.807) is 7.11 Å². The van der Waals surface area contributed by atoms with Gasteiger partial charge in [-0.05, 0) is 24.9 Å². The lowest BCUT2D eigenvalue weighted by atomic mass is 10.0. The summed E-state index contributed by atoms with van der Waals surface area (Å²) in [5.74, 6) is 2.50. The number of hydrogen-bond acceptors (Lipinski definition) is 6. The van der Waals surface area contributed by atoms with Crippen LogP contribution >= 0.6 is 24.0 Å². The zero-order chi connectivity index (χ0) is 16.4. The topological polar surface area (TPSA) is 36.9 Å². The van der Waals surface area contributed by atoms with Crippen LogP contribution in [0.1, 0.15) is 39.0 Å². The molecular formula is C16H26O4S2. The van der Waals surface area contributed by atoms with Crippen LogP contribution in [0.2, 0.25) is 0 Å². The Morgan fingerprint density at radius 1 is 1.32 bits per heavy atom. The summed E-state index contributed by atoms with van der Waals surface area (Å²) in [6.45, 7) is 2.42. The predicted octanol–water partition coefficient (Wildman–Crippen LogP) is 3.38. The monoisotopic (exact) mass is 346 g/mol. The minimum atomic E-state index is -0.482. The largest absolute Gasteiger partial charge is 0.467 e. The number of methoxy groups -OCH3 is 1. The molecule has 0 aromatic rings. The highest BCUT2D eigenvalue weighted by atomic mass is 32.2. The van der Waals surface area contributed by atoms with Crippen LogP contribution in [0.3, 0.4) is 0 Å². The van der Waals surface area contributed by atoms with Crippen LogP contribution in [0.15, 0.2) is 0 Å². The number of thiocarbonyl (C=S) groups is 1. The van der Waals surface area contributed by atoms with Crippen molar-refractivity contribution in [2.75, 3.05) is 20.0 Å². The van der Waals surface area contributed by atoms with E-state index in [1.807, 2.05) is 6.26 Å². The van der Waals surface area contributed by atoms with E-state index in [1.165, 1.54) is 31.0 Å². The van der Waals surface area contributed by atoms with Crippen molar-refractivity contribution in [3.8, 4) is 12.3 Å². The molecule has 126 valence electrons. The summed E-state index contributed by atoms with van der Waals surface area (Å²) in [6, 6.07) is 0. The molecule has 4 nitrogen and oxygen atoms in total. The second-order valence-electron chi connectivity index (χ2n) is 5.14. The zero-order valence-electron chi connectivity index (χ0n) is 13.6. The molecule has 0 aromatic heterocycles. The molecule has 4 atom stereocenters. The summed E-state index contributed by atoms with van der Waals surface area (Å²) in [5, 5.41) is 0. The third kappa shape index (κ3) is 6.05. The van der Waals surface area contributed by atoms with Crippen molar-refractivity contribution in [2.24, 2.45) is 0 Å². The van der Waals surface area contributed by atoms with E-state index in [2.05, 4.69) is 12.8 Å². The number of thioether (sulfide) groups is 1. The van der Waals surface area contributed by atoms with Gasteiger partial charge in [0.1, 0.15) is 12.7 Å². The Morgan fingerprint density at radius 2 is 2.09 bits per heavy atom. The van der Waals surface area contributed by atoms with E-state index in [-0.39, 0.29) is 24.9 Å². The van der Waals surface area contributed by atoms with Gasteiger partial charge in [0.2, 0.25) is 4.38 Å². The highest BCUT2D eigenvalue weighted by molar-refractivity contribution is 8.22. The second-order valence-corrected chi connectivity index (χ2v) is 6.55. The maximum Gasteiger partial charge on any atom is 0.220 e. The SMILES string of the molecule is C#CCO[C@@H]1[C@@H](OC(=S)SC)[C@H](OC)O[C@@H]1CCCCCC. The molecule has 1 rings (SSSR count). The molecule has 1 fully saturated rings. The van der Waals surface area contributed by atoms with Crippen molar-refractivity contribution >= 4 is 28.4 Å². The molecule has 0 aliphatic carbocycles. The first-order valence-corrected chi connectivity index (χ1v) is 9.29. The van der Waals surface area contributed by atoms with Gasteiger partial charge in [0, 0.05) is 7.11 Å². The lowest BCUT2D eigenvalue weighted by Crippen LogP contribution is -2.39. The third-order valence-electron chi connectivity index (χ3n) is 3.60. The quantitative estimate of drug-likeness (QED) is 0.362. The molecule has 1 heterocycles. The summed E-state index contributed by atoms with van der Waals surface area (Å²) in [4.78, 5) is 0. The maximum atomic E-state index is 5.95. The fraction of sp³-hybridized carbons (Fsp3) is 0.812. The number of hydrogen-bond donors (Lipinski definition) is 0. The van der Waals surface area contributed by atoms with Gasteiger partial charge >= 0.3 is 0 Å². The van der Waals surface area contributed by atoms with E-state index < -0.39 is 6.29 Å². The Bertz CT molecular complexity index is 370. The molecule has 1 aliphatic heterocycles. The van der Waals surface area contributed by atoms with Gasteiger partial charge in [0.15, 0.2) is 12.4 Å². The summed E-state index contributed by atoms with van der Waals surface area (Å²) < 4.78 is 23.4. The third-order valence-corrected chi connectivity index (χ3v) is 4.63. The first-order valence-electron chi connectivity index (χ1n) is 7.65. The average Bonchev–Trinajstić information content (AvgIpc) is 2.86. The van der Waals surface area contributed by atoms with Crippen molar-refractivity contribution in [2.45, 2.75) is 63.6 Å². The lowest BCUT2D eigenvalue weighted by Gasteiger charge is -2.23. The first kappa shape index (κ1) is 19.7. The molecule has 0 bridgehead atoms. The smallest absolute Gasteiger partial charge is 0.220 e. The summed E-state index contributed by atoms with van der Waals surface area (Å²) in [6.07, 6.45) is 11.6. The number of ether oxygens (including phenoxy) is 4. The fourth-order valence-corrected chi connectivity index (χ4v) is 2.83. The standard InChI is InChI=1S/C16H26O4S2/c1-5-7-8-9-10-12-13(18-11-6-2)14(15(17-3)19-12)20-16(21)22-4/h2,12-15H,5,7-11H2,1,3-4H3/t12-,13+,14-,15-/m1/s1. The fourth-order valence-electron chi connectivity index (χ4n) is 2.52. The molecule has 0 amide bonds. The zero-order valence-corrected chi connectivity index (χ0v) is 15.2. The van der Waals surface area contributed by atoms with E-state index in [0.29, 0.717) is 4.38 Å². The van der Waals surface area contributed by atoms with E-state index in [0.717, 1.165) is 12.8 Å². The minimum Gasteiger partial charge on any atom is -0.467 e. The van der Waals surface area contributed by atoms with Gasteiger partial charge in [0.05, 0.1) is 6.10 Å². The van der Waals surface area contributed by atoms with E-state index >= 15 is 0 Å². The Morgan fingerprint density at radius 3 is 2.68 bits per heavy atom. The number of rotatable bonds is 9. The molecule has 0 unspecified atom stereocenters. The van der Waals surface area contributed by atoms with E-state index in [4.69, 9.17) is 37.6 Å². The van der Waals surface area contributed by atoms with Crippen molar-refractivity contribution in [3.05, 3.63) is 0 Å². The van der Waals surface area contributed by atoms with Gasteiger partial charge in [-0.25, -0.2) is 0 Å². The van der Waals surface area contributed by atoms with Crippen molar-refractivity contribution in [3.63, 3.8) is 0 Å². The highest BCUT2D eigenvalue weighted by Gasteiger charge is 2.47. The average molecular weight is 347 g/mol. The van der Waals surface area contributed by atoms with Crippen LogP contribution in [0, 0.1) is 12.3 Å². The minimum absolute atomic E-state index is 0.0789. The van der Waals surface area contributed by atoms with Crippen molar-refractivity contribution in [1.29, 1.82) is 0 Å². The van der Waals surface area contributed by atoms with Crippen LogP contribution < -0.4 is 0 Å². The molecule has 0 radical (unpaired) electrons. The Hall–Kier alpha value is -0.320. The van der Waals surface area contributed by atoms with Crippen LogP contribution in [-0.4, -0.2) is 49.0 Å². The van der Waals surface area contributed by atoms with Gasteiger partial charge in [-0.15, -0.1) is 6.42 Å². The molecule has 22 heavy (non-hydrogen) atoms. The first-order chi connectivity index (χ1) is 10.7. The molecule has 0 N–H and O–H groups in total. The Labute approximate surface area is 143 Å². The van der Waals surface area contributed by atoms with Crippen LogP contribution in [0.25, 0.3) is 0 Å². The van der Waals surface area contributed by atoms with Gasteiger partial charge in [0.25, 0.3) is 0 Å². The summed E-state index contributed by atoms with van der Waals surface area (Å²) in [7, 11) is 1.60. The summed E-state index contributed by atoms with van der Waals surface area (Å²) in [5.41, 5.74) is 0. The molecule has 1 saturated heterocycles. The Balaban J connectivity index is 2.68. The molecule has 0 spiro atoms. The van der Waals surface area contributed by atoms with Gasteiger partial charge in [-0.2, -0.15) is 0 Å². The molecule has 1 aliphatic rings. The molecular weight excluding hydrogens is 320 g/mol. The lowest BCUT2D eigenvalue weighted by molar-refractivity contribution is -0.145. The highest BCUT2D eigenvalue weighted by Crippen LogP contribution is 2.31. The molecule has 0 saturated carbocycles. The van der Waals surface area contributed by atoms with Crippen LogP contribution in [-0.2, 0) is 18.9 Å². The van der Waals surface area contributed by atoms with Crippen LogP contribution in [0.5, 0.6) is 0 Å². The maximum absolute atomic E-state index is 5.95. The van der Waals surface area contributed by atoms with Crippen LogP contribution in [0.4, 0.5) is 0 Å². The summed E-state index contributed by atoms with van der Waals surface area (Å²) >= 11 is 6.53. The number of terminal acetylenes is 1. The van der Waals surface area contributed by atoms with E-state index in [9.17, 15) is 0 Å². The van der Waals surface area contributed by atoms with Gasteiger partial charge in [-0.1, -0.05) is 50.3 Å². The number of unbranched alkanes of at least 4 members (excludes halogenated alkanes) is 3. The molecule has 6 heteroatoms. The van der Waals surface area contributed by atoms with Gasteiger partial charge < -0.3 is 18.9 Å².